The summed E-state index contributed by atoms with van der Waals surface area (Å²) in [5.74, 6) is -0.212. The first-order valence-electron chi connectivity index (χ1n) is 7.44. The topological polar surface area (TPSA) is 55.8 Å². The Bertz CT molecular complexity index is 479. The monoisotopic (exact) mass is 280 g/mol. The SMILES string of the molecule is COC1C2=C(COC2=O)C2(C)CCCC(C)(C)C2C1O. The first-order valence-corrected chi connectivity index (χ1v) is 7.44. The van der Waals surface area contributed by atoms with Crippen LogP contribution < -0.4 is 0 Å². The molecule has 4 atom stereocenters. The first-order chi connectivity index (χ1) is 9.33. The van der Waals surface area contributed by atoms with Gasteiger partial charge in [0.25, 0.3) is 0 Å². The van der Waals surface area contributed by atoms with Crippen molar-refractivity contribution >= 4 is 5.97 Å². The second kappa shape index (κ2) is 4.31. The number of methoxy groups -OCH3 is 1. The minimum atomic E-state index is -0.648. The van der Waals surface area contributed by atoms with Crippen molar-refractivity contribution in [2.24, 2.45) is 16.7 Å². The molecule has 0 radical (unpaired) electrons. The normalized spacial score (nSPS) is 43.0. The fourth-order valence-corrected chi connectivity index (χ4v) is 5.04. The number of fused-ring (bicyclic) bond motifs is 2. The van der Waals surface area contributed by atoms with E-state index in [1.807, 2.05) is 0 Å². The number of hydrogen-bond donors (Lipinski definition) is 1. The van der Waals surface area contributed by atoms with Crippen LogP contribution in [0.3, 0.4) is 0 Å². The number of esters is 1. The van der Waals surface area contributed by atoms with E-state index < -0.39 is 12.2 Å². The van der Waals surface area contributed by atoms with Crippen molar-refractivity contribution in [2.45, 2.75) is 52.2 Å². The Morgan fingerprint density at radius 2 is 2.00 bits per heavy atom. The third kappa shape index (κ3) is 1.64. The Kier molecular flexibility index (Phi) is 3.04. The number of rotatable bonds is 1. The van der Waals surface area contributed by atoms with Gasteiger partial charge in [0.1, 0.15) is 12.7 Å². The smallest absolute Gasteiger partial charge is 0.337 e. The van der Waals surface area contributed by atoms with Crippen molar-refractivity contribution in [3.05, 3.63) is 11.1 Å². The molecule has 4 unspecified atom stereocenters. The number of ether oxygens (including phenoxy) is 2. The zero-order chi connectivity index (χ0) is 14.7. The largest absolute Gasteiger partial charge is 0.458 e. The molecule has 20 heavy (non-hydrogen) atoms. The number of cyclic esters (lactones) is 1. The van der Waals surface area contributed by atoms with Crippen LogP contribution in [-0.2, 0) is 14.3 Å². The van der Waals surface area contributed by atoms with E-state index in [0.29, 0.717) is 12.2 Å². The zero-order valence-electron chi connectivity index (χ0n) is 12.7. The summed E-state index contributed by atoms with van der Waals surface area (Å²) in [5.41, 5.74) is 1.53. The molecular weight excluding hydrogens is 256 g/mol. The molecule has 1 N–H and O–H groups in total. The van der Waals surface area contributed by atoms with Crippen molar-refractivity contribution in [1.29, 1.82) is 0 Å². The van der Waals surface area contributed by atoms with Gasteiger partial charge in [0, 0.05) is 13.0 Å². The van der Waals surface area contributed by atoms with Crippen molar-refractivity contribution in [3.8, 4) is 0 Å². The average molecular weight is 280 g/mol. The fraction of sp³-hybridized carbons (Fsp3) is 0.812. The number of aliphatic hydroxyl groups is 1. The lowest BCUT2D eigenvalue weighted by molar-refractivity contribution is -0.141. The second-order valence-electron chi connectivity index (χ2n) is 7.35. The van der Waals surface area contributed by atoms with Gasteiger partial charge in [0.15, 0.2) is 0 Å². The molecule has 1 heterocycles. The van der Waals surface area contributed by atoms with Gasteiger partial charge in [-0.3, -0.25) is 0 Å². The zero-order valence-corrected chi connectivity index (χ0v) is 12.7. The van der Waals surface area contributed by atoms with Crippen LogP contribution in [0, 0.1) is 16.7 Å². The molecule has 4 nitrogen and oxygen atoms in total. The van der Waals surface area contributed by atoms with Crippen LogP contribution in [0.2, 0.25) is 0 Å². The van der Waals surface area contributed by atoms with Gasteiger partial charge in [0.2, 0.25) is 0 Å². The van der Waals surface area contributed by atoms with Gasteiger partial charge in [-0.1, -0.05) is 27.2 Å². The van der Waals surface area contributed by atoms with E-state index >= 15 is 0 Å². The molecule has 0 aromatic carbocycles. The molecule has 0 bridgehead atoms. The van der Waals surface area contributed by atoms with Crippen LogP contribution in [0.25, 0.3) is 0 Å². The summed E-state index contributed by atoms with van der Waals surface area (Å²) in [5, 5.41) is 10.9. The molecule has 0 amide bonds. The van der Waals surface area contributed by atoms with E-state index in [0.717, 1.165) is 24.8 Å². The molecule has 0 saturated heterocycles. The minimum absolute atomic E-state index is 0.0351. The summed E-state index contributed by atoms with van der Waals surface area (Å²) in [7, 11) is 1.56. The van der Waals surface area contributed by atoms with Crippen molar-refractivity contribution in [3.63, 3.8) is 0 Å². The van der Waals surface area contributed by atoms with Crippen molar-refractivity contribution in [1.82, 2.24) is 0 Å². The highest BCUT2D eigenvalue weighted by Crippen LogP contribution is 2.60. The maximum absolute atomic E-state index is 12.0. The van der Waals surface area contributed by atoms with Crippen LogP contribution in [0.15, 0.2) is 11.1 Å². The quantitative estimate of drug-likeness (QED) is 0.747. The third-order valence-corrected chi connectivity index (χ3v) is 5.82. The van der Waals surface area contributed by atoms with Gasteiger partial charge >= 0.3 is 5.97 Å². The maximum atomic E-state index is 12.0. The van der Waals surface area contributed by atoms with Crippen LogP contribution >= 0.6 is 0 Å². The molecule has 1 aliphatic heterocycles. The van der Waals surface area contributed by atoms with Gasteiger partial charge < -0.3 is 14.6 Å². The Labute approximate surface area is 120 Å². The van der Waals surface area contributed by atoms with Gasteiger partial charge in [-0.05, 0) is 29.2 Å². The maximum Gasteiger partial charge on any atom is 0.337 e. The van der Waals surface area contributed by atoms with E-state index in [2.05, 4.69) is 20.8 Å². The lowest BCUT2D eigenvalue weighted by Gasteiger charge is -2.56. The summed E-state index contributed by atoms with van der Waals surface area (Å²) >= 11 is 0. The molecule has 112 valence electrons. The Balaban J connectivity index is 2.17. The van der Waals surface area contributed by atoms with Crippen LogP contribution in [0.4, 0.5) is 0 Å². The van der Waals surface area contributed by atoms with Gasteiger partial charge in [-0.15, -0.1) is 0 Å². The molecular formula is C16H24O4. The average Bonchev–Trinajstić information content (AvgIpc) is 2.72. The lowest BCUT2D eigenvalue weighted by Crippen LogP contribution is -2.57. The van der Waals surface area contributed by atoms with E-state index in [-0.39, 0.29) is 22.7 Å². The van der Waals surface area contributed by atoms with E-state index in [9.17, 15) is 9.90 Å². The summed E-state index contributed by atoms with van der Waals surface area (Å²) in [6.07, 6.45) is 2.03. The molecule has 3 rings (SSSR count). The number of hydrogen-bond acceptors (Lipinski definition) is 4. The fourth-order valence-electron chi connectivity index (χ4n) is 5.04. The Hall–Kier alpha value is -0.870. The van der Waals surface area contributed by atoms with E-state index in [4.69, 9.17) is 9.47 Å². The molecule has 2 aliphatic carbocycles. The van der Waals surface area contributed by atoms with Gasteiger partial charge in [-0.25, -0.2) is 4.79 Å². The van der Waals surface area contributed by atoms with Crippen LogP contribution in [0.1, 0.15) is 40.0 Å². The minimum Gasteiger partial charge on any atom is -0.458 e. The predicted molar refractivity (Wildman–Crippen MR) is 74.0 cm³/mol. The van der Waals surface area contributed by atoms with Crippen LogP contribution in [0.5, 0.6) is 0 Å². The summed E-state index contributed by atoms with van der Waals surface area (Å²) in [4.78, 5) is 12.0. The van der Waals surface area contributed by atoms with Crippen LogP contribution in [-0.4, -0.2) is 37.0 Å². The highest BCUT2D eigenvalue weighted by atomic mass is 16.5. The van der Waals surface area contributed by atoms with Crippen molar-refractivity contribution < 1.29 is 19.4 Å². The first kappa shape index (κ1) is 14.1. The molecule has 0 aromatic heterocycles. The van der Waals surface area contributed by atoms with Crippen molar-refractivity contribution in [2.75, 3.05) is 13.7 Å². The highest BCUT2D eigenvalue weighted by Gasteiger charge is 2.60. The summed E-state index contributed by atoms with van der Waals surface area (Å²) in [6, 6.07) is 0. The number of aliphatic hydroxyl groups excluding tert-OH is 1. The summed E-state index contributed by atoms with van der Waals surface area (Å²) in [6.45, 7) is 6.98. The standard InChI is InChI=1S/C16H24O4/c1-15(2)6-5-7-16(3)9-8-20-14(18)10(9)12(19-4)11(17)13(15)16/h11-13,17H,5-8H2,1-4H3. The number of carbonyl (C=O) groups excluding carboxylic acids is 1. The number of carbonyl (C=O) groups is 1. The third-order valence-electron chi connectivity index (χ3n) is 5.82. The van der Waals surface area contributed by atoms with Gasteiger partial charge in [0.05, 0.1) is 11.7 Å². The molecule has 0 spiro atoms. The van der Waals surface area contributed by atoms with Gasteiger partial charge in [-0.2, -0.15) is 0 Å². The summed E-state index contributed by atoms with van der Waals surface area (Å²) < 4.78 is 10.7. The lowest BCUT2D eigenvalue weighted by atomic mass is 9.49. The molecule has 1 saturated carbocycles. The molecule has 1 fully saturated rings. The molecule has 4 heteroatoms. The predicted octanol–water partition coefficient (Wildman–Crippen LogP) is 2.06. The molecule has 3 aliphatic rings. The Morgan fingerprint density at radius 3 is 2.65 bits per heavy atom. The van der Waals surface area contributed by atoms with E-state index in [1.165, 1.54) is 0 Å². The second-order valence-corrected chi connectivity index (χ2v) is 7.35. The Morgan fingerprint density at radius 1 is 1.30 bits per heavy atom. The molecule has 0 aromatic rings. The highest BCUT2D eigenvalue weighted by molar-refractivity contribution is 5.93. The van der Waals surface area contributed by atoms with E-state index in [1.54, 1.807) is 7.11 Å².